The number of alkyl halides is 3. The van der Waals surface area contributed by atoms with Gasteiger partial charge in [0, 0.05) is 0 Å². The number of benzene rings is 1. The summed E-state index contributed by atoms with van der Waals surface area (Å²) in [6.45, 7) is -1.36. The first-order chi connectivity index (χ1) is 7.83. The van der Waals surface area contributed by atoms with Crippen LogP contribution in [0.4, 0.5) is 27.6 Å². The quantitative estimate of drug-likeness (QED) is 0.640. The molecule has 0 bridgehead atoms. The highest BCUT2D eigenvalue weighted by Gasteiger charge is 2.26. The number of hydrazine groups is 1. The average molecular weight is 251 g/mol. The Morgan fingerprint density at radius 2 is 1.71 bits per heavy atom. The first-order valence-electron chi connectivity index (χ1n) is 4.28. The molecule has 8 heteroatoms. The Labute approximate surface area is 92.8 Å². The maximum atomic E-state index is 13.0. The third-order valence-electron chi connectivity index (χ3n) is 1.68. The molecule has 1 aromatic carbocycles. The molecule has 0 aliphatic heterocycles. The third kappa shape index (κ3) is 3.88. The van der Waals surface area contributed by atoms with Crippen LogP contribution in [0.2, 0.25) is 0 Å². The summed E-state index contributed by atoms with van der Waals surface area (Å²) in [4.78, 5) is 0. The van der Waals surface area contributed by atoms with Crippen molar-refractivity contribution in [1.29, 1.82) is 5.26 Å². The molecule has 1 rings (SSSR count). The highest BCUT2D eigenvalue weighted by atomic mass is 19.4. The SMILES string of the molecule is N#Cc1c(F)cc(NNCC(F)(F)F)cc1F. The number of anilines is 1. The number of nitriles is 1. The van der Waals surface area contributed by atoms with E-state index in [1.165, 1.54) is 6.07 Å². The monoisotopic (exact) mass is 251 g/mol. The molecule has 0 amide bonds. The minimum absolute atomic E-state index is 0.247. The first-order valence-corrected chi connectivity index (χ1v) is 4.28. The molecule has 1 aromatic rings. The summed E-state index contributed by atoms with van der Waals surface area (Å²) < 4.78 is 61.3. The summed E-state index contributed by atoms with van der Waals surface area (Å²) in [5, 5.41) is 8.36. The summed E-state index contributed by atoms with van der Waals surface area (Å²) in [6, 6.07) is 2.72. The van der Waals surface area contributed by atoms with Crippen molar-refractivity contribution in [3.63, 3.8) is 0 Å². The van der Waals surface area contributed by atoms with Gasteiger partial charge in [-0.1, -0.05) is 0 Å². The van der Waals surface area contributed by atoms with Crippen LogP contribution in [0.25, 0.3) is 0 Å². The van der Waals surface area contributed by atoms with Crippen LogP contribution in [0.3, 0.4) is 0 Å². The van der Waals surface area contributed by atoms with Gasteiger partial charge in [0.2, 0.25) is 0 Å². The highest BCUT2D eigenvalue weighted by Crippen LogP contribution is 2.18. The second-order valence-electron chi connectivity index (χ2n) is 3.02. The summed E-state index contributed by atoms with van der Waals surface area (Å²) in [6.07, 6.45) is -4.45. The second-order valence-corrected chi connectivity index (χ2v) is 3.02. The Morgan fingerprint density at radius 3 is 2.12 bits per heavy atom. The van der Waals surface area contributed by atoms with Gasteiger partial charge in [0.25, 0.3) is 0 Å². The molecule has 0 saturated heterocycles. The molecule has 0 atom stereocenters. The maximum Gasteiger partial charge on any atom is 0.402 e. The largest absolute Gasteiger partial charge is 0.402 e. The Morgan fingerprint density at radius 1 is 1.18 bits per heavy atom. The molecule has 92 valence electrons. The molecule has 2 N–H and O–H groups in total. The van der Waals surface area contributed by atoms with Crippen molar-refractivity contribution in [2.24, 2.45) is 0 Å². The predicted octanol–water partition coefficient (Wildman–Crippen LogP) is 2.32. The standard InChI is InChI=1S/C9H6F5N3/c10-7-1-5(2-8(11)6(7)3-15)17-16-4-9(12,13)14/h1-2,16-17H,4H2. The van der Waals surface area contributed by atoms with Crippen LogP contribution >= 0.6 is 0 Å². The van der Waals surface area contributed by atoms with Gasteiger partial charge in [-0.25, -0.2) is 14.2 Å². The lowest BCUT2D eigenvalue weighted by atomic mass is 10.2. The van der Waals surface area contributed by atoms with Crippen molar-refractivity contribution in [3.8, 4) is 6.07 Å². The molecule has 0 saturated carbocycles. The zero-order valence-corrected chi connectivity index (χ0v) is 8.20. The maximum absolute atomic E-state index is 13.0. The molecule has 0 spiro atoms. The fourth-order valence-electron chi connectivity index (χ4n) is 0.999. The molecule has 0 aliphatic carbocycles. The molecule has 0 unspecified atom stereocenters. The van der Waals surface area contributed by atoms with E-state index in [2.05, 4.69) is 0 Å². The van der Waals surface area contributed by atoms with Crippen molar-refractivity contribution in [1.82, 2.24) is 5.43 Å². The van der Waals surface area contributed by atoms with Crippen molar-refractivity contribution in [3.05, 3.63) is 29.3 Å². The van der Waals surface area contributed by atoms with Gasteiger partial charge in [-0.2, -0.15) is 18.4 Å². The highest BCUT2D eigenvalue weighted by molar-refractivity contribution is 5.48. The van der Waals surface area contributed by atoms with Gasteiger partial charge in [0.1, 0.15) is 29.8 Å². The summed E-state index contributed by atoms with van der Waals surface area (Å²) >= 11 is 0. The van der Waals surface area contributed by atoms with Crippen molar-refractivity contribution < 1.29 is 22.0 Å². The fourth-order valence-corrected chi connectivity index (χ4v) is 0.999. The predicted molar refractivity (Wildman–Crippen MR) is 48.8 cm³/mol. The average Bonchev–Trinajstić information content (AvgIpc) is 2.15. The van der Waals surface area contributed by atoms with Crippen LogP contribution in [-0.4, -0.2) is 12.7 Å². The zero-order valence-electron chi connectivity index (χ0n) is 8.20. The molecule has 0 heterocycles. The van der Waals surface area contributed by atoms with Gasteiger partial charge >= 0.3 is 6.18 Å². The minimum Gasteiger partial charge on any atom is -0.321 e. The Hall–Kier alpha value is -1.88. The van der Waals surface area contributed by atoms with E-state index in [0.717, 1.165) is 0 Å². The number of nitrogens with one attached hydrogen (secondary N) is 2. The molecule has 3 nitrogen and oxygen atoms in total. The number of hydrogen-bond acceptors (Lipinski definition) is 3. The van der Waals surface area contributed by atoms with E-state index in [9.17, 15) is 22.0 Å². The second kappa shape index (κ2) is 4.97. The Balaban J connectivity index is 2.72. The topological polar surface area (TPSA) is 47.9 Å². The van der Waals surface area contributed by atoms with Crippen LogP contribution in [-0.2, 0) is 0 Å². The smallest absolute Gasteiger partial charge is 0.321 e. The van der Waals surface area contributed by atoms with E-state index in [-0.39, 0.29) is 5.69 Å². The van der Waals surface area contributed by atoms with Gasteiger partial charge in [0.15, 0.2) is 0 Å². The van der Waals surface area contributed by atoms with Crippen LogP contribution in [0.1, 0.15) is 5.56 Å². The summed E-state index contributed by atoms with van der Waals surface area (Å²) in [7, 11) is 0. The van der Waals surface area contributed by atoms with E-state index >= 15 is 0 Å². The molecule has 0 aliphatic rings. The van der Waals surface area contributed by atoms with Crippen LogP contribution in [0.15, 0.2) is 12.1 Å². The van der Waals surface area contributed by atoms with E-state index in [1.54, 1.807) is 5.43 Å². The van der Waals surface area contributed by atoms with Crippen molar-refractivity contribution in [2.45, 2.75) is 6.18 Å². The minimum atomic E-state index is -4.45. The Kier molecular flexibility index (Phi) is 3.85. The van der Waals surface area contributed by atoms with Crippen molar-refractivity contribution >= 4 is 5.69 Å². The molecule has 0 radical (unpaired) electrons. The summed E-state index contributed by atoms with van der Waals surface area (Å²) in [5.41, 5.74) is 2.68. The molecule has 17 heavy (non-hydrogen) atoms. The molecule has 0 aromatic heterocycles. The van der Waals surface area contributed by atoms with Gasteiger partial charge in [-0.05, 0) is 12.1 Å². The molecular weight excluding hydrogens is 245 g/mol. The zero-order chi connectivity index (χ0) is 13.1. The van der Waals surface area contributed by atoms with Gasteiger partial charge < -0.3 is 5.43 Å². The lowest BCUT2D eigenvalue weighted by molar-refractivity contribution is -0.123. The first kappa shape index (κ1) is 13.2. The number of nitrogens with zero attached hydrogens (tertiary/aromatic N) is 1. The van der Waals surface area contributed by atoms with Crippen LogP contribution in [0.5, 0.6) is 0 Å². The van der Waals surface area contributed by atoms with Gasteiger partial charge in [-0.15, -0.1) is 0 Å². The summed E-state index contributed by atoms with van der Waals surface area (Å²) in [5.74, 6) is -2.30. The van der Waals surface area contributed by atoms with E-state index in [4.69, 9.17) is 5.26 Å². The van der Waals surface area contributed by atoms with E-state index in [1.807, 2.05) is 5.43 Å². The normalized spacial score (nSPS) is 11.1. The van der Waals surface area contributed by atoms with E-state index < -0.39 is 29.9 Å². The van der Waals surface area contributed by atoms with Crippen LogP contribution in [0, 0.1) is 23.0 Å². The third-order valence-corrected chi connectivity index (χ3v) is 1.68. The van der Waals surface area contributed by atoms with E-state index in [0.29, 0.717) is 12.1 Å². The molecule has 0 fully saturated rings. The van der Waals surface area contributed by atoms with Gasteiger partial charge in [0.05, 0.1) is 5.69 Å². The molecular formula is C9H6F5N3. The van der Waals surface area contributed by atoms with Crippen molar-refractivity contribution in [2.75, 3.05) is 12.0 Å². The fraction of sp³-hybridized carbons (Fsp3) is 0.222. The van der Waals surface area contributed by atoms with Crippen LogP contribution < -0.4 is 10.9 Å². The number of halogens is 5. The Bertz CT molecular complexity index is 426. The lowest BCUT2D eigenvalue weighted by Crippen LogP contribution is -2.33. The number of hydrogen-bond donors (Lipinski definition) is 2. The van der Waals surface area contributed by atoms with Gasteiger partial charge in [-0.3, -0.25) is 0 Å². The lowest BCUT2D eigenvalue weighted by Gasteiger charge is -2.11. The number of rotatable bonds is 3.